The molecule has 0 unspecified atom stereocenters. The normalized spacial score (nSPS) is 11.4. The maximum absolute atomic E-state index is 12.4. The lowest BCUT2D eigenvalue weighted by molar-refractivity contribution is -0.113. The van der Waals surface area contributed by atoms with E-state index in [0.717, 1.165) is 34.5 Å². The van der Waals surface area contributed by atoms with Crippen LogP contribution in [0.2, 0.25) is 0 Å². The number of carbonyl (C=O) groups excluding carboxylic acids is 1. The molecule has 0 aliphatic rings. The molecule has 0 atom stereocenters. The summed E-state index contributed by atoms with van der Waals surface area (Å²) >= 11 is 1.39. The third-order valence-electron chi connectivity index (χ3n) is 4.82. The molecule has 0 saturated carbocycles. The smallest absolute Gasteiger partial charge is 0.234 e. The molecule has 1 N–H and O–H groups in total. The van der Waals surface area contributed by atoms with Crippen LogP contribution < -0.4 is 10.1 Å². The van der Waals surface area contributed by atoms with Crippen molar-refractivity contribution in [1.82, 2.24) is 14.8 Å². The van der Waals surface area contributed by atoms with Gasteiger partial charge in [-0.05, 0) is 49.1 Å². The van der Waals surface area contributed by atoms with E-state index in [1.54, 1.807) is 0 Å². The summed E-state index contributed by atoms with van der Waals surface area (Å²) in [6.07, 6.45) is 0. The van der Waals surface area contributed by atoms with Gasteiger partial charge >= 0.3 is 0 Å². The summed E-state index contributed by atoms with van der Waals surface area (Å²) in [5.74, 6) is 1.77. The Hall–Kier alpha value is -2.80. The van der Waals surface area contributed by atoms with Gasteiger partial charge in [0.1, 0.15) is 5.75 Å². The Bertz CT molecular complexity index is 1010. The molecule has 164 valence electrons. The van der Waals surface area contributed by atoms with Crippen LogP contribution in [0.3, 0.4) is 0 Å². The zero-order valence-electron chi connectivity index (χ0n) is 18.8. The topological polar surface area (TPSA) is 69.0 Å². The summed E-state index contributed by atoms with van der Waals surface area (Å²) in [6, 6.07) is 15.8. The van der Waals surface area contributed by atoms with Crippen LogP contribution in [0, 0.1) is 0 Å². The van der Waals surface area contributed by atoms with E-state index in [-0.39, 0.29) is 17.1 Å². The number of nitrogens with zero attached hydrogens (tertiary/aromatic N) is 3. The number of amides is 1. The maximum atomic E-state index is 12.4. The van der Waals surface area contributed by atoms with Gasteiger partial charge in [-0.2, -0.15) is 0 Å². The van der Waals surface area contributed by atoms with Crippen LogP contribution in [0.15, 0.2) is 53.7 Å². The predicted octanol–water partition coefficient (Wildman–Crippen LogP) is 5.39. The van der Waals surface area contributed by atoms with Crippen LogP contribution in [-0.2, 0) is 16.8 Å². The number of carbonyl (C=O) groups is 1. The number of hydrogen-bond donors (Lipinski definition) is 1. The third kappa shape index (κ3) is 5.88. The van der Waals surface area contributed by atoms with Crippen molar-refractivity contribution in [2.45, 2.75) is 51.7 Å². The molecule has 0 fully saturated rings. The van der Waals surface area contributed by atoms with E-state index in [1.165, 1.54) is 17.3 Å². The number of hydrogen-bond acceptors (Lipinski definition) is 5. The Labute approximate surface area is 188 Å². The number of benzene rings is 2. The van der Waals surface area contributed by atoms with E-state index in [0.29, 0.717) is 6.61 Å². The van der Waals surface area contributed by atoms with E-state index in [2.05, 4.69) is 67.5 Å². The minimum absolute atomic E-state index is 0.0871. The fourth-order valence-corrected chi connectivity index (χ4v) is 3.94. The number of nitrogens with one attached hydrogen (secondary N) is 1. The third-order valence-corrected chi connectivity index (χ3v) is 5.79. The van der Waals surface area contributed by atoms with Crippen LogP contribution in [0.4, 0.5) is 5.69 Å². The van der Waals surface area contributed by atoms with Crippen molar-refractivity contribution >= 4 is 23.4 Å². The van der Waals surface area contributed by atoms with Crippen molar-refractivity contribution in [2.24, 2.45) is 0 Å². The molecule has 31 heavy (non-hydrogen) atoms. The Morgan fingerprint density at radius 2 is 1.71 bits per heavy atom. The first-order valence-corrected chi connectivity index (χ1v) is 11.5. The summed E-state index contributed by atoms with van der Waals surface area (Å²) in [6.45, 7) is 11.9. The zero-order valence-corrected chi connectivity index (χ0v) is 19.6. The molecule has 1 amide bonds. The molecule has 2 aromatic carbocycles. The van der Waals surface area contributed by atoms with Crippen LogP contribution in [0.25, 0.3) is 11.4 Å². The second-order valence-corrected chi connectivity index (χ2v) is 9.11. The number of rotatable bonds is 8. The SMILES string of the molecule is CCOc1ccc(NC(=O)CSc2nnc(-c3ccc(C(C)(C)C)cc3)n2CC)cc1. The van der Waals surface area contributed by atoms with E-state index in [4.69, 9.17) is 4.74 Å². The lowest BCUT2D eigenvalue weighted by Crippen LogP contribution is -2.14. The van der Waals surface area contributed by atoms with Crippen LogP contribution in [0.5, 0.6) is 5.75 Å². The zero-order chi connectivity index (χ0) is 22.4. The van der Waals surface area contributed by atoms with Crippen LogP contribution in [0.1, 0.15) is 40.2 Å². The quantitative estimate of drug-likeness (QED) is 0.478. The van der Waals surface area contributed by atoms with E-state index >= 15 is 0 Å². The van der Waals surface area contributed by atoms with Crippen LogP contribution >= 0.6 is 11.8 Å². The molecule has 0 aliphatic heterocycles. The fourth-order valence-electron chi connectivity index (χ4n) is 3.14. The Balaban J connectivity index is 1.64. The summed E-state index contributed by atoms with van der Waals surface area (Å²) in [5.41, 5.74) is 3.15. The summed E-state index contributed by atoms with van der Waals surface area (Å²) in [5, 5.41) is 12.4. The van der Waals surface area contributed by atoms with Crippen molar-refractivity contribution in [3.63, 3.8) is 0 Å². The highest BCUT2D eigenvalue weighted by Gasteiger charge is 2.17. The Kier molecular flexibility index (Phi) is 7.38. The number of aromatic nitrogens is 3. The van der Waals surface area contributed by atoms with Gasteiger partial charge in [-0.1, -0.05) is 56.8 Å². The van der Waals surface area contributed by atoms with Crippen molar-refractivity contribution in [3.05, 3.63) is 54.1 Å². The number of ether oxygens (including phenoxy) is 1. The molecular weight excluding hydrogens is 408 g/mol. The van der Waals surface area contributed by atoms with Gasteiger partial charge in [-0.25, -0.2) is 0 Å². The van der Waals surface area contributed by atoms with E-state index in [9.17, 15) is 4.79 Å². The first kappa shape index (κ1) is 22.9. The van der Waals surface area contributed by atoms with Gasteiger partial charge in [0.05, 0.1) is 12.4 Å². The Morgan fingerprint density at radius 1 is 1.03 bits per heavy atom. The average molecular weight is 439 g/mol. The van der Waals surface area contributed by atoms with Gasteiger partial charge in [0.15, 0.2) is 11.0 Å². The van der Waals surface area contributed by atoms with Gasteiger partial charge in [-0.3, -0.25) is 4.79 Å². The molecule has 3 aromatic rings. The maximum Gasteiger partial charge on any atom is 0.234 e. The van der Waals surface area contributed by atoms with E-state index in [1.807, 2.05) is 35.8 Å². The molecule has 1 heterocycles. The van der Waals surface area contributed by atoms with Crippen molar-refractivity contribution in [1.29, 1.82) is 0 Å². The largest absolute Gasteiger partial charge is 0.494 e. The molecular formula is C24H30N4O2S. The molecule has 6 nitrogen and oxygen atoms in total. The lowest BCUT2D eigenvalue weighted by Gasteiger charge is -2.19. The van der Waals surface area contributed by atoms with Crippen molar-refractivity contribution < 1.29 is 9.53 Å². The minimum Gasteiger partial charge on any atom is -0.494 e. The molecule has 3 rings (SSSR count). The van der Waals surface area contributed by atoms with Crippen molar-refractivity contribution in [3.8, 4) is 17.1 Å². The highest BCUT2D eigenvalue weighted by Crippen LogP contribution is 2.28. The van der Waals surface area contributed by atoms with Crippen molar-refractivity contribution in [2.75, 3.05) is 17.7 Å². The van der Waals surface area contributed by atoms with Gasteiger partial charge in [-0.15, -0.1) is 10.2 Å². The highest BCUT2D eigenvalue weighted by molar-refractivity contribution is 7.99. The lowest BCUT2D eigenvalue weighted by atomic mass is 9.87. The first-order valence-electron chi connectivity index (χ1n) is 10.5. The molecule has 7 heteroatoms. The fraction of sp³-hybridized carbons (Fsp3) is 0.375. The highest BCUT2D eigenvalue weighted by atomic mass is 32.2. The summed E-state index contributed by atoms with van der Waals surface area (Å²) in [4.78, 5) is 12.4. The summed E-state index contributed by atoms with van der Waals surface area (Å²) < 4.78 is 7.47. The van der Waals surface area contributed by atoms with Gasteiger partial charge < -0.3 is 14.6 Å². The number of thioether (sulfide) groups is 1. The Morgan fingerprint density at radius 3 is 2.29 bits per heavy atom. The second-order valence-electron chi connectivity index (χ2n) is 8.17. The standard InChI is InChI=1S/C24H30N4O2S/c1-6-28-22(17-8-10-18(11-9-17)24(3,4)5)26-27-23(28)31-16-21(29)25-19-12-14-20(15-13-19)30-7-2/h8-15H,6-7,16H2,1-5H3,(H,25,29). The average Bonchev–Trinajstić information content (AvgIpc) is 3.16. The summed E-state index contributed by atoms with van der Waals surface area (Å²) in [7, 11) is 0. The molecule has 0 spiro atoms. The predicted molar refractivity (Wildman–Crippen MR) is 127 cm³/mol. The molecule has 0 saturated heterocycles. The van der Waals surface area contributed by atoms with Gasteiger partial charge in [0, 0.05) is 17.8 Å². The molecule has 0 bridgehead atoms. The van der Waals surface area contributed by atoms with Gasteiger partial charge in [0.2, 0.25) is 5.91 Å². The first-order chi connectivity index (χ1) is 14.8. The second kappa shape index (κ2) is 10.0. The molecule has 0 aliphatic carbocycles. The van der Waals surface area contributed by atoms with E-state index < -0.39 is 0 Å². The molecule has 0 radical (unpaired) electrons. The minimum atomic E-state index is -0.0871. The monoisotopic (exact) mass is 438 g/mol. The van der Waals surface area contributed by atoms with Gasteiger partial charge in [0.25, 0.3) is 0 Å². The van der Waals surface area contributed by atoms with Crippen LogP contribution in [-0.4, -0.2) is 33.0 Å². The molecule has 1 aromatic heterocycles. The number of anilines is 1.